The number of rotatable bonds is 4. The maximum atomic E-state index is 12.1. The number of urea groups is 1. The Morgan fingerprint density at radius 3 is 2.82 bits per heavy atom. The first-order valence-corrected chi connectivity index (χ1v) is 7.79. The van der Waals surface area contributed by atoms with Crippen molar-refractivity contribution in [1.29, 1.82) is 0 Å². The number of likely N-dealkylation sites (tertiary alicyclic amines) is 1. The monoisotopic (exact) mass is 305 g/mol. The Kier molecular flexibility index (Phi) is 3.80. The number of aryl methyl sites for hydroxylation is 1. The maximum Gasteiger partial charge on any atom is 0.315 e. The van der Waals surface area contributed by atoms with Gasteiger partial charge < -0.3 is 15.5 Å². The molecule has 120 valence electrons. The third kappa shape index (κ3) is 3.08. The molecule has 2 aliphatic rings. The summed E-state index contributed by atoms with van der Waals surface area (Å²) in [5.74, 6) is 0.752. The molecular weight excluding hydrogens is 282 g/mol. The first-order chi connectivity index (χ1) is 10.4. The average Bonchev–Trinajstić information content (AvgIpc) is 2.82. The summed E-state index contributed by atoms with van der Waals surface area (Å²) in [6, 6.07) is -0.0664. The van der Waals surface area contributed by atoms with E-state index >= 15 is 0 Å². The van der Waals surface area contributed by atoms with Gasteiger partial charge in [0.05, 0.1) is 18.3 Å². The number of hydrogen-bond acceptors (Lipinski definition) is 3. The molecule has 3 amide bonds. The summed E-state index contributed by atoms with van der Waals surface area (Å²) < 4.78 is 1.70. The molecule has 2 fully saturated rings. The second kappa shape index (κ2) is 5.62. The van der Waals surface area contributed by atoms with E-state index in [2.05, 4.69) is 22.7 Å². The van der Waals surface area contributed by atoms with Crippen molar-refractivity contribution in [2.24, 2.45) is 13.0 Å². The van der Waals surface area contributed by atoms with Crippen LogP contribution in [0.2, 0.25) is 0 Å². The van der Waals surface area contributed by atoms with Gasteiger partial charge in [-0.2, -0.15) is 5.10 Å². The van der Waals surface area contributed by atoms with E-state index in [4.69, 9.17) is 0 Å². The van der Waals surface area contributed by atoms with Crippen LogP contribution < -0.4 is 10.6 Å². The van der Waals surface area contributed by atoms with E-state index in [-0.39, 0.29) is 24.0 Å². The van der Waals surface area contributed by atoms with E-state index in [1.165, 1.54) is 0 Å². The molecule has 0 aromatic carbocycles. The number of aromatic nitrogens is 2. The predicted octanol–water partition coefficient (Wildman–Crippen LogP) is 0.790. The Labute approximate surface area is 130 Å². The van der Waals surface area contributed by atoms with E-state index < -0.39 is 0 Å². The molecule has 1 aliphatic carbocycles. The molecule has 7 nitrogen and oxygen atoms in total. The van der Waals surface area contributed by atoms with Gasteiger partial charge in [0.25, 0.3) is 0 Å². The molecular formula is C15H23N5O2. The quantitative estimate of drug-likeness (QED) is 0.863. The molecule has 1 saturated carbocycles. The topological polar surface area (TPSA) is 79.3 Å². The smallest absolute Gasteiger partial charge is 0.315 e. The fraction of sp³-hybridized carbons (Fsp3) is 0.667. The molecule has 1 aromatic heterocycles. The van der Waals surface area contributed by atoms with Crippen molar-refractivity contribution in [3.63, 3.8) is 0 Å². The highest BCUT2D eigenvalue weighted by Gasteiger charge is 2.44. The minimum atomic E-state index is -0.236. The highest BCUT2D eigenvalue weighted by Crippen LogP contribution is 2.37. The maximum absolute atomic E-state index is 12.1. The Morgan fingerprint density at radius 2 is 2.23 bits per heavy atom. The lowest BCUT2D eigenvalue weighted by Gasteiger charge is -2.18. The van der Waals surface area contributed by atoms with Gasteiger partial charge in [-0.3, -0.25) is 9.48 Å². The number of carbonyl (C=O) groups excluding carboxylic acids is 2. The van der Waals surface area contributed by atoms with Gasteiger partial charge in [-0.25, -0.2) is 4.79 Å². The third-order valence-corrected chi connectivity index (χ3v) is 4.53. The molecule has 0 bridgehead atoms. The van der Waals surface area contributed by atoms with E-state index in [0.29, 0.717) is 24.9 Å². The molecule has 7 heteroatoms. The summed E-state index contributed by atoms with van der Waals surface area (Å²) in [6.45, 7) is 4.69. The molecule has 1 aliphatic heterocycles. The van der Waals surface area contributed by atoms with Crippen LogP contribution in [-0.4, -0.2) is 45.2 Å². The molecule has 0 spiro atoms. The van der Waals surface area contributed by atoms with Crippen LogP contribution in [-0.2, 0) is 11.8 Å². The van der Waals surface area contributed by atoms with E-state index in [0.717, 1.165) is 12.0 Å². The summed E-state index contributed by atoms with van der Waals surface area (Å²) in [4.78, 5) is 26.0. The molecule has 2 N–H and O–H groups in total. The second-order valence-corrected chi connectivity index (χ2v) is 6.51. The zero-order valence-corrected chi connectivity index (χ0v) is 13.2. The number of nitrogens with one attached hydrogen (secondary N) is 2. The van der Waals surface area contributed by atoms with Gasteiger partial charge in [-0.05, 0) is 19.3 Å². The molecule has 4 atom stereocenters. The standard InChI is InChI=1S/C15H23N5O2/c1-9-4-13(9)20-8-12(5-14(20)21)18-15(22)17-10(2)11-6-16-19(3)7-11/h6-7,9-10,12-13H,4-5,8H2,1-3H3,(H2,17,18,22)/t9-,10+,12-,13+/m1/s1. The van der Waals surface area contributed by atoms with Crippen molar-refractivity contribution in [1.82, 2.24) is 25.3 Å². The molecule has 1 aromatic rings. The summed E-state index contributed by atoms with van der Waals surface area (Å²) in [6.07, 6.45) is 5.10. The van der Waals surface area contributed by atoms with E-state index in [9.17, 15) is 9.59 Å². The lowest BCUT2D eigenvalue weighted by Crippen LogP contribution is -2.44. The fourth-order valence-corrected chi connectivity index (χ4v) is 3.06. The molecule has 0 radical (unpaired) electrons. The van der Waals surface area contributed by atoms with Crippen LogP contribution in [0.1, 0.15) is 38.3 Å². The zero-order chi connectivity index (χ0) is 15.9. The van der Waals surface area contributed by atoms with Crippen LogP contribution in [0.15, 0.2) is 12.4 Å². The lowest BCUT2D eigenvalue weighted by molar-refractivity contribution is -0.128. The largest absolute Gasteiger partial charge is 0.337 e. The second-order valence-electron chi connectivity index (χ2n) is 6.51. The van der Waals surface area contributed by atoms with Gasteiger partial charge in [0.2, 0.25) is 5.91 Å². The van der Waals surface area contributed by atoms with Crippen molar-refractivity contribution in [3.05, 3.63) is 18.0 Å². The van der Waals surface area contributed by atoms with Crippen molar-refractivity contribution < 1.29 is 9.59 Å². The Bertz CT molecular complexity index is 584. The van der Waals surface area contributed by atoms with Crippen LogP contribution in [0.5, 0.6) is 0 Å². The Hall–Kier alpha value is -2.05. The van der Waals surface area contributed by atoms with Crippen LogP contribution in [0.3, 0.4) is 0 Å². The van der Waals surface area contributed by atoms with Gasteiger partial charge >= 0.3 is 6.03 Å². The number of amides is 3. The molecule has 0 unspecified atom stereocenters. The first kappa shape index (κ1) is 14.9. The predicted molar refractivity (Wildman–Crippen MR) is 81.0 cm³/mol. The van der Waals surface area contributed by atoms with Crippen molar-refractivity contribution in [2.45, 2.75) is 44.8 Å². The van der Waals surface area contributed by atoms with Gasteiger partial charge in [0.15, 0.2) is 0 Å². The molecule has 1 saturated heterocycles. The first-order valence-electron chi connectivity index (χ1n) is 7.79. The lowest BCUT2D eigenvalue weighted by atomic mass is 10.2. The normalized spacial score (nSPS) is 28.6. The number of hydrogen-bond donors (Lipinski definition) is 2. The summed E-state index contributed by atoms with van der Waals surface area (Å²) in [7, 11) is 1.84. The summed E-state index contributed by atoms with van der Waals surface area (Å²) in [5, 5.41) is 9.89. The van der Waals surface area contributed by atoms with E-state index in [1.807, 2.05) is 25.1 Å². The summed E-state index contributed by atoms with van der Waals surface area (Å²) >= 11 is 0. The highest BCUT2D eigenvalue weighted by molar-refractivity contribution is 5.82. The van der Waals surface area contributed by atoms with Crippen LogP contribution >= 0.6 is 0 Å². The zero-order valence-electron chi connectivity index (χ0n) is 13.2. The van der Waals surface area contributed by atoms with Gasteiger partial charge in [0.1, 0.15) is 0 Å². The molecule has 2 heterocycles. The minimum absolute atomic E-state index is 0.0959. The Morgan fingerprint density at radius 1 is 1.50 bits per heavy atom. The third-order valence-electron chi connectivity index (χ3n) is 4.53. The average molecular weight is 305 g/mol. The fourth-order valence-electron chi connectivity index (χ4n) is 3.06. The summed E-state index contributed by atoms with van der Waals surface area (Å²) in [5.41, 5.74) is 0.952. The van der Waals surface area contributed by atoms with Crippen LogP contribution in [0, 0.1) is 5.92 Å². The number of carbonyl (C=O) groups is 2. The van der Waals surface area contributed by atoms with Crippen molar-refractivity contribution in [2.75, 3.05) is 6.54 Å². The van der Waals surface area contributed by atoms with Gasteiger partial charge in [-0.15, -0.1) is 0 Å². The number of nitrogens with zero attached hydrogens (tertiary/aromatic N) is 3. The molecule has 22 heavy (non-hydrogen) atoms. The van der Waals surface area contributed by atoms with Crippen molar-refractivity contribution in [3.8, 4) is 0 Å². The van der Waals surface area contributed by atoms with Crippen LogP contribution in [0.4, 0.5) is 4.79 Å². The molecule has 3 rings (SSSR count). The Balaban J connectivity index is 1.49. The van der Waals surface area contributed by atoms with Crippen molar-refractivity contribution >= 4 is 11.9 Å². The highest BCUT2D eigenvalue weighted by atomic mass is 16.2. The minimum Gasteiger partial charge on any atom is -0.337 e. The van der Waals surface area contributed by atoms with Gasteiger partial charge in [0, 0.05) is 37.8 Å². The van der Waals surface area contributed by atoms with E-state index in [1.54, 1.807) is 10.9 Å². The SMILES string of the molecule is C[C@H](NC(=O)N[C@@H]1CC(=O)N([C@H]2C[C@H]2C)C1)c1cnn(C)c1. The van der Waals surface area contributed by atoms with Crippen LogP contribution in [0.25, 0.3) is 0 Å². The van der Waals surface area contributed by atoms with Gasteiger partial charge in [-0.1, -0.05) is 6.92 Å².